The third kappa shape index (κ3) is 3.04. The molecule has 2 aliphatic rings. The molecule has 25 heavy (non-hydrogen) atoms. The first-order valence-corrected chi connectivity index (χ1v) is 8.87. The summed E-state index contributed by atoms with van der Waals surface area (Å²) in [5.41, 5.74) is 8.07. The molecular weight excluding hydrogens is 316 g/mol. The average molecular weight is 338 g/mol. The molecule has 1 aliphatic carbocycles. The number of para-hydroxylation sites is 1. The summed E-state index contributed by atoms with van der Waals surface area (Å²) in [6.45, 7) is 1.08. The fourth-order valence-corrected chi connectivity index (χ4v) is 3.61. The van der Waals surface area contributed by atoms with Crippen molar-refractivity contribution in [3.05, 3.63) is 47.8 Å². The van der Waals surface area contributed by atoms with E-state index in [0.717, 1.165) is 37.1 Å². The zero-order valence-corrected chi connectivity index (χ0v) is 14.1. The second kappa shape index (κ2) is 6.35. The molecule has 1 atom stereocenters. The highest BCUT2D eigenvalue weighted by Crippen LogP contribution is 2.42. The van der Waals surface area contributed by atoms with E-state index in [4.69, 9.17) is 5.73 Å². The SMILES string of the molecule is NC(=O)C1CCCN(C(=O)c2cnn(-c3ccccc3)c2C2CC2)C1. The molecule has 1 saturated heterocycles. The van der Waals surface area contributed by atoms with Crippen LogP contribution in [0, 0.1) is 5.92 Å². The van der Waals surface area contributed by atoms with Crippen molar-refractivity contribution in [2.75, 3.05) is 13.1 Å². The highest BCUT2D eigenvalue weighted by Gasteiger charge is 2.35. The molecule has 2 fully saturated rings. The summed E-state index contributed by atoms with van der Waals surface area (Å²) in [6, 6.07) is 9.90. The first-order chi connectivity index (χ1) is 12.1. The third-order valence-electron chi connectivity index (χ3n) is 5.11. The molecule has 1 unspecified atom stereocenters. The van der Waals surface area contributed by atoms with Crippen LogP contribution < -0.4 is 5.73 Å². The van der Waals surface area contributed by atoms with Gasteiger partial charge in [0.2, 0.25) is 5.91 Å². The number of piperidine rings is 1. The number of aromatic nitrogens is 2. The van der Waals surface area contributed by atoms with Crippen molar-refractivity contribution in [1.29, 1.82) is 0 Å². The van der Waals surface area contributed by atoms with Crippen molar-refractivity contribution in [2.24, 2.45) is 11.7 Å². The van der Waals surface area contributed by atoms with Gasteiger partial charge < -0.3 is 10.6 Å². The molecule has 4 rings (SSSR count). The molecule has 0 radical (unpaired) electrons. The largest absolute Gasteiger partial charge is 0.369 e. The van der Waals surface area contributed by atoms with Crippen LogP contribution in [-0.4, -0.2) is 39.6 Å². The Hall–Kier alpha value is -2.63. The standard InChI is InChI=1S/C19H22N4O2/c20-18(24)14-5-4-10-22(12-14)19(25)16-11-21-23(17(16)13-8-9-13)15-6-2-1-3-7-15/h1-3,6-7,11,13-14H,4-5,8-10,12H2,(H2,20,24). The molecule has 2 heterocycles. The average Bonchev–Trinajstić information content (AvgIpc) is 3.40. The molecule has 130 valence electrons. The van der Waals surface area contributed by atoms with E-state index in [1.807, 2.05) is 35.0 Å². The van der Waals surface area contributed by atoms with E-state index in [2.05, 4.69) is 5.10 Å². The number of hydrogen-bond donors (Lipinski definition) is 1. The lowest BCUT2D eigenvalue weighted by atomic mass is 9.96. The van der Waals surface area contributed by atoms with Crippen molar-refractivity contribution in [1.82, 2.24) is 14.7 Å². The van der Waals surface area contributed by atoms with E-state index < -0.39 is 0 Å². The van der Waals surface area contributed by atoms with Gasteiger partial charge in [-0.1, -0.05) is 18.2 Å². The number of hydrogen-bond acceptors (Lipinski definition) is 3. The molecule has 1 aromatic heterocycles. The predicted octanol–water partition coefficient (Wildman–Crippen LogP) is 2.09. The van der Waals surface area contributed by atoms with Crippen LogP contribution in [0.2, 0.25) is 0 Å². The highest BCUT2D eigenvalue weighted by atomic mass is 16.2. The van der Waals surface area contributed by atoms with Crippen molar-refractivity contribution in [2.45, 2.75) is 31.6 Å². The van der Waals surface area contributed by atoms with E-state index in [1.165, 1.54) is 0 Å². The lowest BCUT2D eigenvalue weighted by Gasteiger charge is -2.31. The molecule has 1 saturated carbocycles. The minimum absolute atomic E-state index is 0.0324. The van der Waals surface area contributed by atoms with Gasteiger partial charge in [-0.05, 0) is 37.8 Å². The Labute approximate surface area is 146 Å². The second-order valence-corrected chi connectivity index (χ2v) is 6.96. The van der Waals surface area contributed by atoms with Gasteiger partial charge in [-0.3, -0.25) is 9.59 Å². The second-order valence-electron chi connectivity index (χ2n) is 6.96. The molecule has 6 nitrogen and oxygen atoms in total. The Morgan fingerprint density at radius 1 is 1.12 bits per heavy atom. The van der Waals surface area contributed by atoms with Gasteiger partial charge in [-0.25, -0.2) is 4.68 Å². The van der Waals surface area contributed by atoms with E-state index in [9.17, 15) is 9.59 Å². The molecule has 2 aromatic rings. The van der Waals surface area contributed by atoms with Crippen molar-refractivity contribution in [3.8, 4) is 5.69 Å². The number of primary amides is 1. The molecule has 1 aromatic carbocycles. The Balaban J connectivity index is 1.65. The Morgan fingerprint density at radius 3 is 2.56 bits per heavy atom. The number of benzene rings is 1. The number of nitrogens with zero attached hydrogens (tertiary/aromatic N) is 3. The van der Waals surface area contributed by atoms with Crippen LogP contribution in [0.3, 0.4) is 0 Å². The van der Waals surface area contributed by atoms with E-state index in [0.29, 0.717) is 24.6 Å². The normalized spacial score (nSPS) is 20.5. The third-order valence-corrected chi connectivity index (χ3v) is 5.11. The Morgan fingerprint density at radius 2 is 1.88 bits per heavy atom. The van der Waals surface area contributed by atoms with Crippen molar-refractivity contribution < 1.29 is 9.59 Å². The Bertz CT molecular complexity index is 795. The lowest BCUT2D eigenvalue weighted by Crippen LogP contribution is -2.44. The molecule has 0 spiro atoms. The summed E-state index contributed by atoms with van der Waals surface area (Å²) in [4.78, 5) is 26.3. The number of rotatable bonds is 4. The van der Waals surface area contributed by atoms with Crippen molar-refractivity contribution >= 4 is 11.8 Å². The van der Waals surface area contributed by atoms with E-state index in [1.54, 1.807) is 11.1 Å². The monoisotopic (exact) mass is 338 g/mol. The maximum Gasteiger partial charge on any atom is 0.257 e. The number of likely N-dealkylation sites (tertiary alicyclic amines) is 1. The van der Waals surface area contributed by atoms with Gasteiger partial charge in [-0.2, -0.15) is 5.10 Å². The van der Waals surface area contributed by atoms with Crippen molar-refractivity contribution in [3.63, 3.8) is 0 Å². The number of carbonyl (C=O) groups excluding carboxylic acids is 2. The first-order valence-electron chi connectivity index (χ1n) is 8.87. The van der Waals surface area contributed by atoms with Crippen LogP contribution in [-0.2, 0) is 4.79 Å². The fourth-order valence-electron chi connectivity index (χ4n) is 3.61. The van der Waals surface area contributed by atoms with Crippen LogP contribution in [0.5, 0.6) is 0 Å². The van der Waals surface area contributed by atoms with Gasteiger partial charge in [0.15, 0.2) is 0 Å². The fraction of sp³-hybridized carbons (Fsp3) is 0.421. The quantitative estimate of drug-likeness (QED) is 0.927. The smallest absolute Gasteiger partial charge is 0.257 e. The molecule has 1 aliphatic heterocycles. The summed E-state index contributed by atoms with van der Waals surface area (Å²) in [5.74, 6) is -0.209. The lowest BCUT2D eigenvalue weighted by molar-refractivity contribution is -0.123. The summed E-state index contributed by atoms with van der Waals surface area (Å²) in [5, 5.41) is 4.50. The number of carbonyl (C=O) groups is 2. The number of amides is 2. The topological polar surface area (TPSA) is 81.2 Å². The molecule has 2 N–H and O–H groups in total. The minimum Gasteiger partial charge on any atom is -0.369 e. The van der Waals surface area contributed by atoms with Gasteiger partial charge >= 0.3 is 0 Å². The van der Waals surface area contributed by atoms with Gasteiger partial charge in [0, 0.05) is 19.0 Å². The van der Waals surface area contributed by atoms with Crippen LogP contribution in [0.4, 0.5) is 0 Å². The summed E-state index contributed by atoms with van der Waals surface area (Å²) in [6.07, 6.45) is 5.42. The molecule has 6 heteroatoms. The van der Waals surface area contributed by atoms with Crippen LogP contribution >= 0.6 is 0 Å². The Kier molecular flexibility index (Phi) is 4.03. The van der Waals surface area contributed by atoms with Gasteiger partial charge in [-0.15, -0.1) is 0 Å². The minimum atomic E-state index is -0.320. The molecular formula is C19H22N4O2. The highest BCUT2D eigenvalue weighted by molar-refractivity contribution is 5.96. The van der Waals surface area contributed by atoms with E-state index in [-0.39, 0.29) is 17.7 Å². The summed E-state index contributed by atoms with van der Waals surface area (Å²) in [7, 11) is 0. The summed E-state index contributed by atoms with van der Waals surface area (Å²) < 4.78 is 1.89. The maximum absolute atomic E-state index is 13.1. The predicted molar refractivity (Wildman–Crippen MR) is 93.4 cm³/mol. The zero-order valence-electron chi connectivity index (χ0n) is 14.1. The maximum atomic E-state index is 13.1. The van der Waals surface area contributed by atoms with Crippen LogP contribution in [0.25, 0.3) is 5.69 Å². The number of nitrogens with two attached hydrogens (primary N) is 1. The van der Waals surface area contributed by atoms with Gasteiger partial charge in [0.25, 0.3) is 5.91 Å². The van der Waals surface area contributed by atoms with Crippen LogP contribution in [0.15, 0.2) is 36.5 Å². The molecule has 0 bridgehead atoms. The summed E-state index contributed by atoms with van der Waals surface area (Å²) >= 11 is 0. The molecule has 2 amide bonds. The first kappa shape index (κ1) is 15.9. The van der Waals surface area contributed by atoms with Gasteiger partial charge in [0.05, 0.1) is 29.1 Å². The van der Waals surface area contributed by atoms with Crippen LogP contribution in [0.1, 0.15) is 47.7 Å². The zero-order chi connectivity index (χ0) is 17.4. The van der Waals surface area contributed by atoms with Gasteiger partial charge in [0.1, 0.15) is 0 Å². The van der Waals surface area contributed by atoms with E-state index >= 15 is 0 Å².